The summed E-state index contributed by atoms with van der Waals surface area (Å²) in [6, 6.07) is 2.96. The zero-order valence-corrected chi connectivity index (χ0v) is 9.95. The van der Waals surface area contributed by atoms with Crippen LogP contribution in [0.3, 0.4) is 0 Å². The molecule has 1 rings (SSSR count). The van der Waals surface area contributed by atoms with E-state index >= 15 is 0 Å². The normalized spacial score (nSPS) is 12.0. The quantitative estimate of drug-likeness (QED) is 0.763. The SMILES string of the molecule is CCOC(=O)CC(O)CNc1cc(F)ccc1F. The molecule has 18 heavy (non-hydrogen) atoms. The Morgan fingerprint density at radius 3 is 2.89 bits per heavy atom. The highest BCUT2D eigenvalue weighted by atomic mass is 19.1. The fraction of sp³-hybridized carbons (Fsp3) is 0.417. The summed E-state index contributed by atoms with van der Waals surface area (Å²) in [4.78, 5) is 11.0. The fourth-order valence-electron chi connectivity index (χ4n) is 1.35. The van der Waals surface area contributed by atoms with E-state index in [0.717, 1.165) is 18.2 Å². The van der Waals surface area contributed by atoms with Crippen molar-refractivity contribution in [2.24, 2.45) is 0 Å². The lowest BCUT2D eigenvalue weighted by Crippen LogP contribution is -2.24. The summed E-state index contributed by atoms with van der Waals surface area (Å²) in [5.41, 5.74) is -0.0575. The van der Waals surface area contributed by atoms with Crippen molar-refractivity contribution in [3.63, 3.8) is 0 Å². The van der Waals surface area contributed by atoms with Crippen LogP contribution in [-0.4, -0.2) is 30.3 Å². The number of ether oxygens (including phenoxy) is 1. The zero-order chi connectivity index (χ0) is 13.5. The molecule has 0 radical (unpaired) electrons. The summed E-state index contributed by atoms with van der Waals surface area (Å²) in [6.45, 7) is 1.82. The Labute approximate surface area is 104 Å². The van der Waals surface area contributed by atoms with Gasteiger partial charge in [-0.1, -0.05) is 0 Å². The van der Waals surface area contributed by atoms with Crippen LogP contribution in [0.15, 0.2) is 18.2 Å². The molecule has 0 fully saturated rings. The number of anilines is 1. The Morgan fingerprint density at radius 2 is 2.22 bits per heavy atom. The third-order valence-electron chi connectivity index (χ3n) is 2.16. The summed E-state index contributed by atoms with van der Waals surface area (Å²) in [6.07, 6.45) is -1.22. The average Bonchev–Trinajstić information content (AvgIpc) is 2.30. The molecule has 2 N–H and O–H groups in total. The Balaban J connectivity index is 2.44. The van der Waals surface area contributed by atoms with Gasteiger partial charge in [-0.05, 0) is 25.1 Å². The van der Waals surface area contributed by atoms with E-state index in [2.05, 4.69) is 10.1 Å². The van der Waals surface area contributed by atoms with Crippen LogP contribution in [0.4, 0.5) is 14.5 Å². The summed E-state index contributed by atoms with van der Waals surface area (Å²) in [5.74, 6) is -1.75. The molecule has 0 aliphatic carbocycles. The van der Waals surface area contributed by atoms with Crippen molar-refractivity contribution >= 4 is 11.7 Å². The minimum absolute atomic E-state index is 0.0575. The Kier molecular flexibility index (Phi) is 5.51. The van der Waals surface area contributed by atoms with Crippen LogP contribution in [0.25, 0.3) is 0 Å². The van der Waals surface area contributed by atoms with Crippen LogP contribution >= 0.6 is 0 Å². The van der Waals surface area contributed by atoms with E-state index in [1.807, 2.05) is 0 Å². The van der Waals surface area contributed by atoms with E-state index in [9.17, 15) is 18.7 Å². The number of benzene rings is 1. The standard InChI is InChI=1S/C12H15F2NO3/c1-2-18-12(17)6-9(16)7-15-11-5-8(13)3-4-10(11)14/h3-5,9,15-16H,2,6-7H2,1H3. The number of nitrogens with one attached hydrogen (secondary N) is 1. The predicted octanol–water partition coefficient (Wildman–Crippen LogP) is 1.69. The molecule has 0 spiro atoms. The van der Waals surface area contributed by atoms with Crippen molar-refractivity contribution < 1.29 is 23.4 Å². The molecule has 1 aromatic carbocycles. The Hall–Kier alpha value is -1.69. The molecule has 1 atom stereocenters. The molecule has 6 heteroatoms. The van der Waals surface area contributed by atoms with Gasteiger partial charge in [0.1, 0.15) is 11.6 Å². The van der Waals surface area contributed by atoms with Crippen molar-refractivity contribution in [1.82, 2.24) is 0 Å². The molecule has 0 heterocycles. The van der Waals surface area contributed by atoms with Crippen LogP contribution in [0.2, 0.25) is 0 Å². The van der Waals surface area contributed by atoms with Gasteiger partial charge in [0.05, 0.1) is 24.8 Å². The third kappa shape index (κ3) is 4.67. The molecule has 4 nitrogen and oxygen atoms in total. The Bertz CT molecular complexity index is 412. The van der Waals surface area contributed by atoms with Crippen molar-refractivity contribution in [1.29, 1.82) is 0 Å². The van der Waals surface area contributed by atoms with Gasteiger partial charge in [0.2, 0.25) is 0 Å². The van der Waals surface area contributed by atoms with E-state index in [-0.39, 0.29) is 25.3 Å². The average molecular weight is 259 g/mol. The molecule has 0 saturated heterocycles. The molecule has 0 saturated carbocycles. The number of carbonyl (C=O) groups is 1. The van der Waals surface area contributed by atoms with Gasteiger partial charge in [-0.3, -0.25) is 4.79 Å². The molecule has 0 amide bonds. The van der Waals surface area contributed by atoms with Gasteiger partial charge in [-0.2, -0.15) is 0 Å². The first kappa shape index (κ1) is 14.4. The van der Waals surface area contributed by atoms with Gasteiger partial charge in [0, 0.05) is 6.54 Å². The van der Waals surface area contributed by atoms with Crippen molar-refractivity contribution in [2.75, 3.05) is 18.5 Å². The van der Waals surface area contributed by atoms with Gasteiger partial charge in [0.15, 0.2) is 0 Å². The lowest BCUT2D eigenvalue weighted by Gasteiger charge is -2.12. The summed E-state index contributed by atoms with van der Waals surface area (Å²) < 4.78 is 30.7. The van der Waals surface area contributed by atoms with E-state index in [1.54, 1.807) is 6.92 Å². The highest BCUT2D eigenvalue weighted by Crippen LogP contribution is 2.15. The van der Waals surface area contributed by atoms with Crippen molar-refractivity contribution in [3.8, 4) is 0 Å². The van der Waals surface area contributed by atoms with Gasteiger partial charge in [0.25, 0.3) is 0 Å². The second-order valence-corrected chi connectivity index (χ2v) is 3.67. The maximum absolute atomic E-state index is 13.2. The van der Waals surface area contributed by atoms with Gasteiger partial charge in [-0.25, -0.2) is 8.78 Å². The van der Waals surface area contributed by atoms with Crippen molar-refractivity contribution in [2.45, 2.75) is 19.4 Å². The van der Waals surface area contributed by atoms with E-state index < -0.39 is 23.7 Å². The number of carbonyl (C=O) groups excluding carboxylic acids is 1. The number of aliphatic hydroxyl groups excluding tert-OH is 1. The maximum atomic E-state index is 13.2. The topological polar surface area (TPSA) is 58.6 Å². The molecule has 0 aliphatic heterocycles. The summed E-state index contributed by atoms with van der Waals surface area (Å²) in [5, 5.41) is 12.0. The summed E-state index contributed by atoms with van der Waals surface area (Å²) >= 11 is 0. The predicted molar refractivity (Wildman–Crippen MR) is 62.1 cm³/mol. The number of hydrogen-bond acceptors (Lipinski definition) is 4. The maximum Gasteiger partial charge on any atom is 0.308 e. The molecule has 0 aromatic heterocycles. The highest BCUT2D eigenvalue weighted by Gasteiger charge is 2.12. The van der Waals surface area contributed by atoms with Crippen LogP contribution in [0.1, 0.15) is 13.3 Å². The number of rotatable bonds is 6. The first-order chi connectivity index (χ1) is 8.52. The lowest BCUT2D eigenvalue weighted by atomic mass is 10.2. The number of esters is 1. The minimum atomic E-state index is -1.02. The monoisotopic (exact) mass is 259 g/mol. The molecular formula is C12H15F2NO3. The van der Waals surface area contributed by atoms with Crippen LogP contribution in [0, 0.1) is 11.6 Å². The zero-order valence-electron chi connectivity index (χ0n) is 9.95. The molecule has 100 valence electrons. The molecule has 0 bridgehead atoms. The van der Waals surface area contributed by atoms with Crippen molar-refractivity contribution in [3.05, 3.63) is 29.8 Å². The summed E-state index contributed by atoms with van der Waals surface area (Å²) in [7, 11) is 0. The second kappa shape index (κ2) is 6.90. The number of halogens is 2. The number of aliphatic hydroxyl groups is 1. The number of hydrogen-bond donors (Lipinski definition) is 2. The third-order valence-corrected chi connectivity index (χ3v) is 2.16. The van der Waals surface area contributed by atoms with E-state index in [4.69, 9.17) is 0 Å². The smallest absolute Gasteiger partial charge is 0.308 e. The van der Waals surface area contributed by atoms with Gasteiger partial charge in [-0.15, -0.1) is 0 Å². The Morgan fingerprint density at radius 1 is 1.50 bits per heavy atom. The lowest BCUT2D eigenvalue weighted by molar-refractivity contribution is -0.145. The fourth-order valence-corrected chi connectivity index (χ4v) is 1.35. The second-order valence-electron chi connectivity index (χ2n) is 3.67. The first-order valence-electron chi connectivity index (χ1n) is 5.55. The molecule has 1 aromatic rings. The van der Waals surface area contributed by atoms with E-state index in [1.165, 1.54) is 0 Å². The minimum Gasteiger partial charge on any atom is -0.466 e. The van der Waals surface area contributed by atoms with Crippen LogP contribution in [-0.2, 0) is 9.53 Å². The highest BCUT2D eigenvalue weighted by molar-refractivity contribution is 5.70. The van der Waals surface area contributed by atoms with E-state index in [0.29, 0.717) is 0 Å². The van der Waals surface area contributed by atoms with Gasteiger partial charge >= 0.3 is 5.97 Å². The van der Waals surface area contributed by atoms with Gasteiger partial charge < -0.3 is 15.2 Å². The largest absolute Gasteiger partial charge is 0.466 e. The van der Waals surface area contributed by atoms with Crippen LogP contribution in [0.5, 0.6) is 0 Å². The first-order valence-corrected chi connectivity index (χ1v) is 5.55. The molecular weight excluding hydrogens is 244 g/mol. The molecule has 1 unspecified atom stereocenters. The van der Waals surface area contributed by atoms with Crippen LogP contribution < -0.4 is 5.32 Å². The molecule has 0 aliphatic rings.